The summed E-state index contributed by atoms with van der Waals surface area (Å²) in [4.78, 5) is 25.4. The Morgan fingerprint density at radius 1 is 1.37 bits per heavy atom. The van der Waals surface area contributed by atoms with E-state index in [1.165, 1.54) is 4.90 Å². The first-order valence-corrected chi connectivity index (χ1v) is 6.68. The molecule has 2 N–H and O–H groups in total. The third-order valence-electron chi connectivity index (χ3n) is 2.83. The van der Waals surface area contributed by atoms with Crippen LogP contribution >= 0.6 is 0 Å². The molecule has 1 saturated heterocycles. The van der Waals surface area contributed by atoms with Gasteiger partial charge < -0.3 is 15.2 Å². The Morgan fingerprint density at radius 2 is 2.00 bits per heavy atom. The zero-order chi connectivity index (χ0) is 14.6. The summed E-state index contributed by atoms with van der Waals surface area (Å²) in [6, 6.07) is -1.15. The number of carbonyl (C=O) groups is 2. The number of carbonyl (C=O) groups excluding carboxylic acids is 2. The fourth-order valence-corrected chi connectivity index (χ4v) is 2.08. The second kappa shape index (κ2) is 6.23. The molecule has 1 amide bonds. The zero-order valence-corrected chi connectivity index (χ0v) is 12.1. The van der Waals surface area contributed by atoms with Crippen LogP contribution in [0.2, 0.25) is 0 Å². The van der Waals surface area contributed by atoms with Gasteiger partial charge in [-0.1, -0.05) is 0 Å². The Balaban J connectivity index is 2.82. The fraction of sp³-hybridized carbons (Fsp3) is 0.846. The van der Waals surface area contributed by atoms with Crippen LogP contribution in [-0.4, -0.2) is 47.8 Å². The van der Waals surface area contributed by atoms with Gasteiger partial charge in [-0.05, 0) is 40.5 Å². The molecule has 1 rings (SSSR count). The van der Waals surface area contributed by atoms with Crippen LogP contribution in [0, 0.1) is 0 Å². The van der Waals surface area contributed by atoms with Gasteiger partial charge in [0.05, 0.1) is 6.61 Å². The number of nitrogens with zero attached hydrogens (tertiary/aromatic N) is 1. The van der Waals surface area contributed by atoms with Crippen LogP contribution in [0.5, 0.6) is 0 Å². The van der Waals surface area contributed by atoms with Crippen LogP contribution in [0.3, 0.4) is 0 Å². The number of nitrogens with two attached hydrogens (primary N) is 1. The lowest BCUT2D eigenvalue weighted by Crippen LogP contribution is -2.59. The van der Waals surface area contributed by atoms with Crippen molar-refractivity contribution in [1.82, 2.24) is 4.90 Å². The first-order valence-electron chi connectivity index (χ1n) is 6.68. The SMILES string of the molecule is CCOC(=O)[C@H]1[C@@H](N)CCCN1C(=O)OC(C)(C)C. The van der Waals surface area contributed by atoms with Crippen molar-refractivity contribution in [2.24, 2.45) is 5.73 Å². The lowest BCUT2D eigenvalue weighted by molar-refractivity contribution is -0.151. The molecule has 6 heteroatoms. The number of piperidine rings is 1. The van der Waals surface area contributed by atoms with Crippen molar-refractivity contribution < 1.29 is 19.1 Å². The first kappa shape index (κ1) is 15.8. The third kappa shape index (κ3) is 4.38. The predicted molar refractivity (Wildman–Crippen MR) is 70.6 cm³/mol. The molecule has 1 aliphatic heterocycles. The molecule has 110 valence electrons. The molecule has 0 aromatic heterocycles. The van der Waals surface area contributed by atoms with Gasteiger partial charge in [-0.25, -0.2) is 9.59 Å². The van der Waals surface area contributed by atoms with Crippen molar-refractivity contribution >= 4 is 12.1 Å². The van der Waals surface area contributed by atoms with Gasteiger partial charge in [-0.3, -0.25) is 4.90 Å². The number of ether oxygens (including phenoxy) is 2. The standard InChI is InChI=1S/C13H24N2O4/c1-5-18-11(16)10-9(14)7-6-8-15(10)12(17)19-13(2,3)4/h9-10H,5-8,14H2,1-4H3/t9-,10+/m0/s1. The molecule has 0 spiro atoms. The fourth-order valence-electron chi connectivity index (χ4n) is 2.08. The molecule has 1 fully saturated rings. The molecule has 2 atom stereocenters. The second-order valence-corrected chi connectivity index (χ2v) is 5.68. The molecule has 0 saturated carbocycles. The highest BCUT2D eigenvalue weighted by atomic mass is 16.6. The van der Waals surface area contributed by atoms with Crippen molar-refractivity contribution in [3.8, 4) is 0 Å². The molecule has 0 aliphatic carbocycles. The van der Waals surface area contributed by atoms with Gasteiger partial charge in [0.1, 0.15) is 11.6 Å². The van der Waals surface area contributed by atoms with E-state index in [0.717, 1.165) is 6.42 Å². The Labute approximate surface area is 114 Å². The minimum Gasteiger partial charge on any atom is -0.464 e. The Hall–Kier alpha value is -1.30. The number of likely N-dealkylation sites (tertiary alicyclic amines) is 1. The maximum Gasteiger partial charge on any atom is 0.411 e. The van der Waals surface area contributed by atoms with Crippen molar-refractivity contribution in [2.45, 2.75) is 58.2 Å². The van der Waals surface area contributed by atoms with Gasteiger partial charge in [0, 0.05) is 12.6 Å². The summed E-state index contributed by atoms with van der Waals surface area (Å²) in [6.45, 7) is 7.82. The maximum absolute atomic E-state index is 12.1. The smallest absolute Gasteiger partial charge is 0.411 e. The van der Waals surface area contributed by atoms with Gasteiger partial charge in [-0.2, -0.15) is 0 Å². The predicted octanol–water partition coefficient (Wildman–Crippen LogP) is 1.28. The van der Waals surface area contributed by atoms with E-state index in [-0.39, 0.29) is 6.61 Å². The Kier molecular flexibility index (Phi) is 5.17. The van der Waals surface area contributed by atoms with Crippen LogP contribution in [0.1, 0.15) is 40.5 Å². The molecule has 0 unspecified atom stereocenters. The van der Waals surface area contributed by atoms with Crippen LogP contribution in [0.4, 0.5) is 4.79 Å². The second-order valence-electron chi connectivity index (χ2n) is 5.68. The van der Waals surface area contributed by atoms with E-state index < -0.39 is 29.7 Å². The number of esters is 1. The highest BCUT2D eigenvalue weighted by molar-refractivity contribution is 5.82. The number of rotatable bonds is 2. The molecule has 0 radical (unpaired) electrons. The molecular weight excluding hydrogens is 248 g/mol. The van der Waals surface area contributed by atoms with E-state index in [2.05, 4.69) is 0 Å². The van der Waals surface area contributed by atoms with E-state index in [4.69, 9.17) is 15.2 Å². The Bertz CT molecular complexity index is 338. The van der Waals surface area contributed by atoms with E-state index in [0.29, 0.717) is 13.0 Å². The lowest BCUT2D eigenvalue weighted by Gasteiger charge is -2.38. The molecule has 1 heterocycles. The summed E-state index contributed by atoms with van der Waals surface area (Å²) < 4.78 is 10.3. The van der Waals surface area contributed by atoms with E-state index >= 15 is 0 Å². The third-order valence-corrected chi connectivity index (χ3v) is 2.83. The summed E-state index contributed by atoms with van der Waals surface area (Å²) in [5, 5.41) is 0. The largest absolute Gasteiger partial charge is 0.464 e. The average molecular weight is 272 g/mol. The topological polar surface area (TPSA) is 81.9 Å². The first-order chi connectivity index (χ1) is 8.76. The highest BCUT2D eigenvalue weighted by Gasteiger charge is 2.40. The molecule has 0 aromatic rings. The summed E-state index contributed by atoms with van der Waals surface area (Å²) in [7, 11) is 0. The Morgan fingerprint density at radius 3 is 2.53 bits per heavy atom. The van der Waals surface area contributed by atoms with E-state index in [1.807, 2.05) is 0 Å². The van der Waals surface area contributed by atoms with Gasteiger partial charge in [0.15, 0.2) is 0 Å². The molecule has 6 nitrogen and oxygen atoms in total. The van der Waals surface area contributed by atoms with Gasteiger partial charge in [-0.15, -0.1) is 0 Å². The quantitative estimate of drug-likeness (QED) is 0.766. The van der Waals surface area contributed by atoms with Crippen LogP contribution in [0.25, 0.3) is 0 Å². The van der Waals surface area contributed by atoms with Gasteiger partial charge in [0.2, 0.25) is 0 Å². The van der Waals surface area contributed by atoms with Crippen molar-refractivity contribution in [1.29, 1.82) is 0 Å². The molecular formula is C13H24N2O4. The summed E-state index contributed by atoms with van der Waals surface area (Å²) in [6.07, 6.45) is 0.944. The van der Waals surface area contributed by atoms with E-state index in [1.54, 1.807) is 27.7 Å². The summed E-state index contributed by atoms with van der Waals surface area (Å²) in [5.41, 5.74) is 5.35. The zero-order valence-electron chi connectivity index (χ0n) is 12.1. The summed E-state index contributed by atoms with van der Waals surface area (Å²) >= 11 is 0. The molecule has 0 aromatic carbocycles. The lowest BCUT2D eigenvalue weighted by atomic mass is 9.97. The average Bonchev–Trinajstić information content (AvgIpc) is 2.26. The van der Waals surface area contributed by atoms with Crippen molar-refractivity contribution in [3.63, 3.8) is 0 Å². The molecule has 0 bridgehead atoms. The van der Waals surface area contributed by atoms with Gasteiger partial charge >= 0.3 is 12.1 Å². The molecule has 1 aliphatic rings. The van der Waals surface area contributed by atoms with E-state index in [9.17, 15) is 9.59 Å². The number of amides is 1. The number of hydrogen-bond acceptors (Lipinski definition) is 5. The van der Waals surface area contributed by atoms with Crippen LogP contribution in [-0.2, 0) is 14.3 Å². The number of hydrogen-bond donors (Lipinski definition) is 1. The van der Waals surface area contributed by atoms with Crippen molar-refractivity contribution in [2.75, 3.05) is 13.2 Å². The van der Waals surface area contributed by atoms with Gasteiger partial charge in [0.25, 0.3) is 0 Å². The minimum absolute atomic E-state index is 0.268. The highest BCUT2D eigenvalue weighted by Crippen LogP contribution is 2.20. The maximum atomic E-state index is 12.1. The van der Waals surface area contributed by atoms with Crippen molar-refractivity contribution in [3.05, 3.63) is 0 Å². The molecule has 19 heavy (non-hydrogen) atoms. The normalized spacial score (nSPS) is 23.9. The van der Waals surface area contributed by atoms with Crippen LogP contribution < -0.4 is 5.73 Å². The summed E-state index contributed by atoms with van der Waals surface area (Å²) in [5.74, 6) is -0.458. The van der Waals surface area contributed by atoms with Crippen LogP contribution in [0.15, 0.2) is 0 Å². The monoisotopic (exact) mass is 272 g/mol. The minimum atomic E-state index is -0.747.